The molecule has 4 rings (SSSR count). The molecule has 27 heavy (non-hydrogen) atoms. The summed E-state index contributed by atoms with van der Waals surface area (Å²) in [5.74, 6) is -0.452. The summed E-state index contributed by atoms with van der Waals surface area (Å²) in [6, 6.07) is 14.1. The van der Waals surface area contributed by atoms with Crippen molar-refractivity contribution >= 4 is 11.6 Å². The van der Waals surface area contributed by atoms with Crippen molar-refractivity contribution in [3.63, 3.8) is 0 Å². The van der Waals surface area contributed by atoms with E-state index in [9.17, 15) is 4.79 Å². The van der Waals surface area contributed by atoms with Crippen molar-refractivity contribution in [2.45, 2.75) is 19.5 Å². The van der Waals surface area contributed by atoms with Crippen LogP contribution in [0.2, 0.25) is 0 Å². The second kappa shape index (κ2) is 7.55. The minimum atomic E-state index is -0.452. The maximum absolute atomic E-state index is 11.8. The largest absolute Gasteiger partial charge is 0.380 e. The Morgan fingerprint density at radius 1 is 1.07 bits per heavy atom. The second-order valence-corrected chi connectivity index (χ2v) is 6.64. The molecule has 2 aromatic carbocycles. The van der Waals surface area contributed by atoms with E-state index in [2.05, 4.69) is 39.0 Å². The molecular formula is C21H21N5O. The number of benzene rings is 2. The average molecular weight is 359 g/mol. The molecule has 0 fully saturated rings. The summed E-state index contributed by atoms with van der Waals surface area (Å²) in [5.41, 5.74) is 12.6. The lowest BCUT2D eigenvalue weighted by Crippen LogP contribution is -2.23. The Morgan fingerprint density at radius 2 is 1.93 bits per heavy atom. The van der Waals surface area contributed by atoms with Gasteiger partial charge in [-0.05, 0) is 65.0 Å². The Kier molecular flexibility index (Phi) is 4.80. The van der Waals surface area contributed by atoms with Gasteiger partial charge in [0.05, 0.1) is 11.8 Å². The molecule has 0 saturated heterocycles. The molecule has 0 aliphatic carbocycles. The number of amides is 1. The van der Waals surface area contributed by atoms with Gasteiger partial charge in [-0.25, -0.2) is 0 Å². The van der Waals surface area contributed by atoms with Gasteiger partial charge in [-0.15, -0.1) is 0 Å². The zero-order valence-corrected chi connectivity index (χ0v) is 14.9. The third-order valence-electron chi connectivity index (χ3n) is 4.84. The topological polar surface area (TPSA) is 92.9 Å². The quantitative estimate of drug-likeness (QED) is 0.651. The van der Waals surface area contributed by atoms with Gasteiger partial charge in [0.1, 0.15) is 0 Å². The molecule has 6 nitrogen and oxygen atoms in total. The first-order valence-corrected chi connectivity index (χ1v) is 8.97. The summed E-state index contributed by atoms with van der Waals surface area (Å²) in [6.45, 7) is 2.45. The van der Waals surface area contributed by atoms with Crippen molar-refractivity contribution in [2.75, 3.05) is 11.9 Å². The number of fused-ring (bicyclic) bond motifs is 1. The fourth-order valence-corrected chi connectivity index (χ4v) is 3.36. The molecule has 1 aliphatic rings. The Hall–Kier alpha value is -3.25. The van der Waals surface area contributed by atoms with Gasteiger partial charge < -0.3 is 16.4 Å². The molecule has 4 N–H and O–H groups in total. The normalized spacial score (nSPS) is 13.0. The molecule has 1 aromatic heterocycles. The van der Waals surface area contributed by atoms with E-state index in [-0.39, 0.29) is 0 Å². The number of nitrogens with one attached hydrogen (secondary N) is 2. The molecule has 1 amide bonds. The highest BCUT2D eigenvalue weighted by molar-refractivity contribution is 5.99. The number of anilines is 1. The maximum Gasteiger partial charge on any atom is 0.250 e. The van der Waals surface area contributed by atoms with Crippen molar-refractivity contribution in [1.82, 2.24) is 15.5 Å². The maximum atomic E-state index is 11.8. The van der Waals surface area contributed by atoms with Gasteiger partial charge in [-0.1, -0.05) is 18.2 Å². The highest BCUT2D eigenvalue weighted by atomic mass is 16.1. The molecule has 3 aromatic rings. The first-order chi connectivity index (χ1) is 13.2. The fourth-order valence-electron chi connectivity index (χ4n) is 3.36. The molecule has 0 spiro atoms. The molecule has 0 atom stereocenters. The van der Waals surface area contributed by atoms with Crippen LogP contribution in [0, 0.1) is 0 Å². The van der Waals surface area contributed by atoms with Crippen LogP contribution in [0.5, 0.6) is 0 Å². The summed E-state index contributed by atoms with van der Waals surface area (Å²) in [4.78, 5) is 11.8. The standard InChI is InChI=1S/C21H21N5O/c22-21(27)19-4-3-17(10-20(19)24-11-14-5-8-25-26-12-14)16-2-1-15-6-7-23-13-18(15)9-16/h1-5,8-10,12,23-24H,6-7,11,13H2,(H2,22,27). The number of hydrogen-bond acceptors (Lipinski definition) is 5. The van der Waals surface area contributed by atoms with E-state index < -0.39 is 5.91 Å². The summed E-state index contributed by atoms with van der Waals surface area (Å²) in [7, 11) is 0. The second-order valence-electron chi connectivity index (χ2n) is 6.64. The summed E-state index contributed by atoms with van der Waals surface area (Å²) in [6.07, 6.45) is 4.39. The van der Waals surface area contributed by atoms with E-state index in [0.29, 0.717) is 17.8 Å². The molecule has 136 valence electrons. The first kappa shape index (κ1) is 17.2. The molecule has 1 aliphatic heterocycles. The fraction of sp³-hybridized carbons (Fsp3) is 0.190. The zero-order chi connectivity index (χ0) is 18.6. The van der Waals surface area contributed by atoms with Crippen LogP contribution >= 0.6 is 0 Å². The van der Waals surface area contributed by atoms with Crippen LogP contribution < -0.4 is 16.4 Å². The third kappa shape index (κ3) is 3.80. The molecule has 0 saturated carbocycles. The van der Waals surface area contributed by atoms with Gasteiger partial charge in [-0.2, -0.15) is 10.2 Å². The average Bonchev–Trinajstić information content (AvgIpc) is 2.72. The lowest BCUT2D eigenvalue weighted by molar-refractivity contribution is 0.100. The molecule has 0 unspecified atom stereocenters. The van der Waals surface area contributed by atoms with Crippen molar-refractivity contribution in [1.29, 1.82) is 0 Å². The Bertz CT molecular complexity index is 972. The number of carbonyl (C=O) groups excluding carboxylic acids is 1. The molecule has 0 radical (unpaired) electrons. The summed E-state index contributed by atoms with van der Waals surface area (Å²) >= 11 is 0. The van der Waals surface area contributed by atoms with Crippen LogP contribution in [-0.4, -0.2) is 22.6 Å². The van der Waals surface area contributed by atoms with Gasteiger partial charge in [0.25, 0.3) is 5.91 Å². The number of rotatable bonds is 5. The van der Waals surface area contributed by atoms with Gasteiger partial charge in [0, 0.05) is 25.0 Å². The molecule has 0 bridgehead atoms. The minimum Gasteiger partial charge on any atom is -0.380 e. The lowest BCUT2D eigenvalue weighted by atomic mass is 9.94. The number of aromatic nitrogens is 2. The summed E-state index contributed by atoms with van der Waals surface area (Å²) < 4.78 is 0. The molecule has 6 heteroatoms. The SMILES string of the molecule is NC(=O)c1ccc(-c2ccc3c(c2)CNCC3)cc1NCc1ccnnc1. The van der Waals surface area contributed by atoms with Crippen LogP contribution in [0.15, 0.2) is 54.9 Å². The third-order valence-corrected chi connectivity index (χ3v) is 4.84. The number of primary amides is 1. The lowest BCUT2D eigenvalue weighted by Gasteiger charge is -2.18. The number of nitrogens with zero attached hydrogens (tertiary/aromatic N) is 2. The monoisotopic (exact) mass is 359 g/mol. The van der Waals surface area contributed by atoms with Gasteiger partial charge in [-0.3, -0.25) is 4.79 Å². The highest BCUT2D eigenvalue weighted by Gasteiger charge is 2.13. The van der Waals surface area contributed by atoms with Crippen molar-refractivity contribution in [3.8, 4) is 11.1 Å². The van der Waals surface area contributed by atoms with Crippen molar-refractivity contribution in [2.24, 2.45) is 5.73 Å². The van der Waals surface area contributed by atoms with E-state index in [4.69, 9.17) is 5.73 Å². The van der Waals surface area contributed by atoms with Gasteiger partial charge in [0.15, 0.2) is 0 Å². The van der Waals surface area contributed by atoms with Gasteiger partial charge >= 0.3 is 0 Å². The molecular weight excluding hydrogens is 338 g/mol. The smallest absolute Gasteiger partial charge is 0.250 e. The van der Waals surface area contributed by atoms with E-state index in [1.54, 1.807) is 18.5 Å². The Balaban J connectivity index is 1.65. The predicted octanol–water partition coefficient (Wildman–Crippen LogP) is 2.50. The van der Waals surface area contributed by atoms with E-state index in [0.717, 1.165) is 36.2 Å². The summed E-state index contributed by atoms with van der Waals surface area (Å²) in [5, 5.41) is 14.4. The Morgan fingerprint density at radius 3 is 2.74 bits per heavy atom. The van der Waals surface area contributed by atoms with E-state index in [1.807, 2.05) is 18.2 Å². The van der Waals surface area contributed by atoms with Crippen molar-refractivity contribution in [3.05, 3.63) is 77.1 Å². The van der Waals surface area contributed by atoms with Crippen LogP contribution in [0.3, 0.4) is 0 Å². The van der Waals surface area contributed by atoms with E-state index >= 15 is 0 Å². The first-order valence-electron chi connectivity index (χ1n) is 8.97. The number of carbonyl (C=O) groups is 1. The van der Waals surface area contributed by atoms with Gasteiger partial charge in [0.2, 0.25) is 0 Å². The van der Waals surface area contributed by atoms with Crippen molar-refractivity contribution < 1.29 is 4.79 Å². The van der Waals surface area contributed by atoms with Crippen LogP contribution in [-0.2, 0) is 19.5 Å². The molecule has 2 heterocycles. The Labute approximate surface area is 157 Å². The zero-order valence-electron chi connectivity index (χ0n) is 14.9. The number of nitrogens with two attached hydrogens (primary N) is 1. The highest BCUT2D eigenvalue weighted by Crippen LogP contribution is 2.28. The minimum absolute atomic E-state index is 0.452. The number of hydrogen-bond donors (Lipinski definition) is 3. The van der Waals surface area contributed by atoms with Crippen LogP contribution in [0.25, 0.3) is 11.1 Å². The van der Waals surface area contributed by atoms with E-state index in [1.165, 1.54) is 11.1 Å². The van der Waals surface area contributed by atoms with Crippen LogP contribution in [0.4, 0.5) is 5.69 Å². The van der Waals surface area contributed by atoms with Crippen LogP contribution in [0.1, 0.15) is 27.0 Å². The predicted molar refractivity (Wildman–Crippen MR) is 105 cm³/mol.